The van der Waals surface area contributed by atoms with E-state index >= 15 is 0 Å². The highest BCUT2D eigenvalue weighted by atomic mass is 16.5. The fourth-order valence-corrected chi connectivity index (χ4v) is 2.84. The maximum atomic E-state index is 12.1. The largest absolute Gasteiger partial charge is 0.370 e. The van der Waals surface area contributed by atoms with E-state index < -0.39 is 0 Å². The number of carbonyl (C=O) groups excluding carboxylic acids is 1. The molecule has 1 N–H and O–H groups in total. The molecule has 0 radical (unpaired) electrons. The lowest BCUT2D eigenvalue weighted by atomic mass is 10.2. The van der Waals surface area contributed by atoms with Crippen molar-refractivity contribution in [1.82, 2.24) is 0 Å². The number of benzene rings is 2. The highest BCUT2D eigenvalue weighted by Gasteiger charge is 2.16. The van der Waals surface area contributed by atoms with Crippen LogP contribution < -0.4 is 10.2 Å². The number of amides is 1. The minimum absolute atomic E-state index is 0.0588. The van der Waals surface area contributed by atoms with Crippen molar-refractivity contribution in [1.29, 1.82) is 0 Å². The minimum Gasteiger partial charge on any atom is -0.370 e. The van der Waals surface area contributed by atoms with Crippen molar-refractivity contribution in [3.8, 4) is 0 Å². The molecule has 120 valence electrons. The Morgan fingerprint density at radius 2 is 1.70 bits per heavy atom. The summed E-state index contributed by atoms with van der Waals surface area (Å²) >= 11 is 0. The number of hydrogen-bond donors (Lipinski definition) is 1. The molecule has 0 aromatic heterocycles. The Bertz CT molecular complexity index is 637. The second-order valence-corrected chi connectivity index (χ2v) is 5.74. The molecule has 1 saturated heterocycles. The van der Waals surface area contributed by atoms with E-state index in [1.165, 1.54) is 12.8 Å². The van der Waals surface area contributed by atoms with Crippen molar-refractivity contribution in [2.24, 2.45) is 0 Å². The molecule has 23 heavy (non-hydrogen) atoms. The van der Waals surface area contributed by atoms with E-state index in [-0.39, 0.29) is 12.5 Å². The summed E-state index contributed by atoms with van der Waals surface area (Å²) in [5.74, 6) is -0.118. The molecule has 1 aliphatic heterocycles. The Labute approximate surface area is 137 Å². The fraction of sp³-hybridized carbons (Fsp3) is 0.316. The molecule has 1 aliphatic rings. The fourth-order valence-electron chi connectivity index (χ4n) is 2.84. The van der Waals surface area contributed by atoms with Crippen LogP contribution in [0.4, 0.5) is 11.4 Å². The van der Waals surface area contributed by atoms with Crippen molar-refractivity contribution in [3.63, 3.8) is 0 Å². The number of nitrogens with zero attached hydrogens (tertiary/aromatic N) is 1. The molecule has 2 aromatic rings. The van der Waals surface area contributed by atoms with Crippen LogP contribution in [-0.2, 0) is 16.1 Å². The molecule has 0 unspecified atom stereocenters. The molecule has 3 rings (SSSR count). The van der Waals surface area contributed by atoms with E-state index in [1.807, 2.05) is 48.5 Å². The topological polar surface area (TPSA) is 41.6 Å². The van der Waals surface area contributed by atoms with Gasteiger partial charge in [-0.3, -0.25) is 4.79 Å². The Kier molecular flexibility index (Phi) is 5.27. The number of hydrogen-bond acceptors (Lipinski definition) is 3. The van der Waals surface area contributed by atoms with Crippen LogP contribution in [0.3, 0.4) is 0 Å². The second kappa shape index (κ2) is 7.79. The van der Waals surface area contributed by atoms with Crippen LogP contribution in [0.2, 0.25) is 0 Å². The average Bonchev–Trinajstić information content (AvgIpc) is 3.11. The van der Waals surface area contributed by atoms with Crippen LogP contribution in [0.5, 0.6) is 0 Å². The number of nitrogens with one attached hydrogen (secondary N) is 1. The first-order valence-electron chi connectivity index (χ1n) is 8.08. The van der Waals surface area contributed by atoms with Crippen LogP contribution in [0.25, 0.3) is 0 Å². The van der Waals surface area contributed by atoms with Gasteiger partial charge in [0.15, 0.2) is 0 Å². The first kappa shape index (κ1) is 15.6. The van der Waals surface area contributed by atoms with Crippen molar-refractivity contribution in [2.45, 2.75) is 19.4 Å². The van der Waals surface area contributed by atoms with Crippen LogP contribution in [0.15, 0.2) is 54.6 Å². The molecule has 0 bridgehead atoms. The molecular formula is C19H22N2O2. The maximum absolute atomic E-state index is 12.1. The minimum atomic E-state index is -0.118. The molecule has 0 saturated carbocycles. The lowest BCUT2D eigenvalue weighted by Crippen LogP contribution is -2.23. The lowest BCUT2D eigenvalue weighted by Gasteiger charge is -2.21. The van der Waals surface area contributed by atoms with E-state index in [9.17, 15) is 4.79 Å². The third-order valence-electron chi connectivity index (χ3n) is 3.97. The molecular weight excluding hydrogens is 288 g/mol. The van der Waals surface area contributed by atoms with Gasteiger partial charge >= 0.3 is 0 Å². The highest BCUT2D eigenvalue weighted by Crippen LogP contribution is 2.28. The van der Waals surface area contributed by atoms with E-state index in [4.69, 9.17) is 4.74 Å². The highest BCUT2D eigenvalue weighted by molar-refractivity contribution is 5.95. The van der Waals surface area contributed by atoms with Gasteiger partial charge in [-0.15, -0.1) is 0 Å². The summed E-state index contributed by atoms with van der Waals surface area (Å²) in [5, 5.41) is 2.97. The van der Waals surface area contributed by atoms with Gasteiger partial charge in [0, 0.05) is 13.1 Å². The monoisotopic (exact) mass is 310 g/mol. The van der Waals surface area contributed by atoms with Crippen molar-refractivity contribution in [3.05, 3.63) is 60.2 Å². The molecule has 4 nitrogen and oxygen atoms in total. The number of anilines is 2. The maximum Gasteiger partial charge on any atom is 0.250 e. The van der Waals surface area contributed by atoms with Gasteiger partial charge in [-0.05, 0) is 30.5 Å². The van der Waals surface area contributed by atoms with Crippen LogP contribution in [-0.4, -0.2) is 25.6 Å². The molecule has 1 heterocycles. The van der Waals surface area contributed by atoms with Crippen molar-refractivity contribution in [2.75, 3.05) is 29.9 Å². The first-order chi connectivity index (χ1) is 11.3. The SMILES string of the molecule is O=C(COCc1ccccc1)Nc1ccccc1N1CCCC1. The summed E-state index contributed by atoms with van der Waals surface area (Å²) in [5.41, 5.74) is 3.03. The zero-order valence-electron chi connectivity index (χ0n) is 13.2. The summed E-state index contributed by atoms with van der Waals surface area (Å²) in [6, 6.07) is 17.8. The number of para-hydroxylation sites is 2. The summed E-state index contributed by atoms with van der Waals surface area (Å²) in [6.45, 7) is 2.61. The zero-order chi connectivity index (χ0) is 15.9. The van der Waals surface area contributed by atoms with Crippen LogP contribution >= 0.6 is 0 Å². The van der Waals surface area contributed by atoms with E-state index in [0.29, 0.717) is 6.61 Å². The lowest BCUT2D eigenvalue weighted by molar-refractivity contribution is -0.121. The van der Waals surface area contributed by atoms with Crippen molar-refractivity contribution < 1.29 is 9.53 Å². The number of rotatable bonds is 6. The molecule has 4 heteroatoms. The Morgan fingerprint density at radius 1 is 1.00 bits per heavy atom. The third kappa shape index (κ3) is 4.33. The summed E-state index contributed by atoms with van der Waals surface area (Å²) in [6.07, 6.45) is 2.42. The molecule has 0 aliphatic carbocycles. The van der Waals surface area contributed by atoms with Gasteiger partial charge in [0.2, 0.25) is 5.91 Å². The van der Waals surface area contributed by atoms with Gasteiger partial charge in [-0.2, -0.15) is 0 Å². The predicted molar refractivity (Wildman–Crippen MR) is 92.6 cm³/mol. The van der Waals surface area contributed by atoms with Crippen LogP contribution in [0, 0.1) is 0 Å². The number of carbonyl (C=O) groups is 1. The molecule has 2 aromatic carbocycles. The van der Waals surface area contributed by atoms with Gasteiger partial charge in [-0.1, -0.05) is 42.5 Å². The Hall–Kier alpha value is -2.33. The average molecular weight is 310 g/mol. The standard InChI is InChI=1S/C19H22N2O2/c22-19(15-23-14-16-8-2-1-3-9-16)20-17-10-4-5-11-18(17)21-12-6-7-13-21/h1-5,8-11H,6-7,12-15H2,(H,20,22). The Balaban J connectivity index is 1.53. The molecule has 0 spiro atoms. The quantitative estimate of drug-likeness (QED) is 0.888. The zero-order valence-corrected chi connectivity index (χ0v) is 13.2. The number of ether oxygens (including phenoxy) is 1. The van der Waals surface area contributed by atoms with E-state index in [1.54, 1.807) is 0 Å². The van der Waals surface area contributed by atoms with Crippen molar-refractivity contribution >= 4 is 17.3 Å². The predicted octanol–water partition coefficient (Wildman–Crippen LogP) is 3.44. The smallest absolute Gasteiger partial charge is 0.250 e. The second-order valence-electron chi connectivity index (χ2n) is 5.74. The third-order valence-corrected chi connectivity index (χ3v) is 3.97. The van der Waals surface area contributed by atoms with Gasteiger partial charge < -0.3 is 15.0 Å². The first-order valence-corrected chi connectivity index (χ1v) is 8.08. The molecule has 0 atom stereocenters. The summed E-state index contributed by atoms with van der Waals surface area (Å²) in [7, 11) is 0. The van der Waals surface area contributed by atoms with Gasteiger partial charge in [0.05, 0.1) is 18.0 Å². The van der Waals surface area contributed by atoms with E-state index in [2.05, 4.69) is 16.3 Å². The Morgan fingerprint density at radius 3 is 2.48 bits per heavy atom. The van der Waals surface area contributed by atoms with E-state index in [0.717, 1.165) is 30.0 Å². The molecule has 1 amide bonds. The molecule has 1 fully saturated rings. The summed E-state index contributed by atoms with van der Waals surface area (Å²) < 4.78 is 5.49. The normalized spacial score (nSPS) is 14.0. The van der Waals surface area contributed by atoms with Gasteiger partial charge in [-0.25, -0.2) is 0 Å². The van der Waals surface area contributed by atoms with Gasteiger partial charge in [0.25, 0.3) is 0 Å². The van der Waals surface area contributed by atoms with Gasteiger partial charge in [0.1, 0.15) is 6.61 Å². The van der Waals surface area contributed by atoms with Crippen LogP contribution in [0.1, 0.15) is 18.4 Å². The summed E-state index contributed by atoms with van der Waals surface area (Å²) in [4.78, 5) is 14.4.